The Hall–Kier alpha value is -0.120. The molecule has 0 aromatic rings. The van der Waals surface area contributed by atoms with E-state index in [2.05, 4.69) is 22.0 Å². The molecule has 3 heteroatoms. The monoisotopic (exact) mass is 251 g/mol. The van der Waals surface area contributed by atoms with Crippen LogP contribution in [0.5, 0.6) is 0 Å². The molecule has 0 spiro atoms. The van der Waals surface area contributed by atoms with Gasteiger partial charge in [-0.1, -0.05) is 13.3 Å². The molecule has 0 aliphatic carbocycles. The molecule has 3 nitrogen and oxygen atoms in total. The van der Waals surface area contributed by atoms with Crippen molar-refractivity contribution in [3.63, 3.8) is 0 Å². The lowest BCUT2D eigenvalue weighted by Crippen LogP contribution is -2.56. The van der Waals surface area contributed by atoms with E-state index in [1.165, 1.54) is 77.8 Å². The van der Waals surface area contributed by atoms with E-state index in [9.17, 15) is 0 Å². The molecule has 18 heavy (non-hydrogen) atoms. The fourth-order valence-corrected chi connectivity index (χ4v) is 4.40. The Morgan fingerprint density at radius 1 is 1.22 bits per heavy atom. The van der Waals surface area contributed by atoms with E-state index >= 15 is 0 Å². The Kier molecular flexibility index (Phi) is 3.92. The lowest BCUT2D eigenvalue weighted by molar-refractivity contribution is 0.0790. The summed E-state index contributed by atoms with van der Waals surface area (Å²) >= 11 is 0. The van der Waals surface area contributed by atoms with Crippen molar-refractivity contribution in [1.29, 1.82) is 0 Å². The normalized spacial score (nSPS) is 38.2. The van der Waals surface area contributed by atoms with Gasteiger partial charge < -0.3 is 5.32 Å². The summed E-state index contributed by atoms with van der Waals surface area (Å²) < 4.78 is 0. The number of piperazine rings is 1. The summed E-state index contributed by atoms with van der Waals surface area (Å²) in [7, 11) is 0. The van der Waals surface area contributed by atoms with Crippen LogP contribution in [0.15, 0.2) is 0 Å². The van der Waals surface area contributed by atoms with Crippen molar-refractivity contribution >= 4 is 0 Å². The molecule has 0 aromatic heterocycles. The van der Waals surface area contributed by atoms with E-state index < -0.39 is 0 Å². The molecule has 104 valence electrons. The van der Waals surface area contributed by atoms with Crippen molar-refractivity contribution in [2.45, 2.75) is 57.0 Å². The van der Waals surface area contributed by atoms with Crippen LogP contribution in [0, 0.1) is 0 Å². The van der Waals surface area contributed by atoms with Gasteiger partial charge >= 0.3 is 0 Å². The first-order chi connectivity index (χ1) is 8.81. The predicted molar refractivity (Wildman–Crippen MR) is 75.9 cm³/mol. The second kappa shape index (κ2) is 5.48. The highest BCUT2D eigenvalue weighted by molar-refractivity contribution is 4.97. The first-order valence-corrected chi connectivity index (χ1v) is 8.03. The topological polar surface area (TPSA) is 18.5 Å². The summed E-state index contributed by atoms with van der Waals surface area (Å²) in [5.41, 5.74) is 0.454. The maximum absolute atomic E-state index is 3.82. The number of nitrogens with one attached hydrogen (secondary N) is 1. The first kappa shape index (κ1) is 12.9. The van der Waals surface area contributed by atoms with E-state index in [0.29, 0.717) is 5.54 Å². The van der Waals surface area contributed by atoms with Crippen LogP contribution in [0.2, 0.25) is 0 Å². The van der Waals surface area contributed by atoms with Crippen LogP contribution in [0.3, 0.4) is 0 Å². The van der Waals surface area contributed by atoms with Crippen molar-refractivity contribution in [2.75, 3.05) is 39.3 Å². The number of hydrogen-bond donors (Lipinski definition) is 1. The second-order valence-corrected chi connectivity index (χ2v) is 6.63. The van der Waals surface area contributed by atoms with E-state index in [-0.39, 0.29) is 0 Å². The number of hydrogen-bond acceptors (Lipinski definition) is 3. The fourth-order valence-electron chi connectivity index (χ4n) is 4.40. The Balaban J connectivity index is 1.58. The summed E-state index contributed by atoms with van der Waals surface area (Å²) in [6.45, 7) is 10.2. The van der Waals surface area contributed by atoms with Gasteiger partial charge in [-0.15, -0.1) is 0 Å². The molecule has 0 saturated carbocycles. The molecule has 0 radical (unpaired) electrons. The van der Waals surface area contributed by atoms with Crippen molar-refractivity contribution < 1.29 is 0 Å². The minimum Gasteiger partial charge on any atom is -0.310 e. The maximum atomic E-state index is 3.82. The number of nitrogens with zero attached hydrogens (tertiary/aromatic N) is 2. The molecule has 0 aromatic carbocycles. The van der Waals surface area contributed by atoms with Crippen molar-refractivity contribution in [2.24, 2.45) is 0 Å². The largest absolute Gasteiger partial charge is 0.310 e. The average molecular weight is 251 g/mol. The SMILES string of the molecule is CCCC1(CN2CCN3CCCC3C2)CCCN1. The minimum atomic E-state index is 0.454. The van der Waals surface area contributed by atoms with Gasteiger partial charge in [0.25, 0.3) is 0 Å². The van der Waals surface area contributed by atoms with Crippen LogP contribution < -0.4 is 5.32 Å². The van der Waals surface area contributed by atoms with Gasteiger partial charge in [0.15, 0.2) is 0 Å². The number of fused-ring (bicyclic) bond motifs is 1. The molecule has 3 aliphatic heterocycles. The smallest absolute Gasteiger partial charge is 0.0309 e. The Morgan fingerprint density at radius 3 is 2.94 bits per heavy atom. The summed E-state index contributed by atoms with van der Waals surface area (Å²) in [5, 5.41) is 3.82. The van der Waals surface area contributed by atoms with Gasteiger partial charge in [0.2, 0.25) is 0 Å². The van der Waals surface area contributed by atoms with Crippen molar-refractivity contribution in [1.82, 2.24) is 15.1 Å². The zero-order valence-electron chi connectivity index (χ0n) is 12.0. The van der Waals surface area contributed by atoms with E-state index in [1.807, 2.05) is 0 Å². The molecular formula is C15H29N3. The fraction of sp³-hybridized carbons (Fsp3) is 1.00. The molecule has 2 atom stereocenters. The third kappa shape index (κ3) is 2.59. The third-order valence-corrected chi connectivity index (χ3v) is 5.26. The molecule has 0 amide bonds. The highest BCUT2D eigenvalue weighted by Gasteiger charge is 2.37. The standard InChI is InChI=1S/C15H29N3/c1-2-6-15(7-4-8-16-15)13-17-10-11-18-9-3-5-14(18)12-17/h14,16H,2-13H2,1H3. The Morgan fingerprint density at radius 2 is 2.17 bits per heavy atom. The molecule has 3 heterocycles. The molecule has 2 unspecified atom stereocenters. The number of rotatable bonds is 4. The lowest BCUT2D eigenvalue weighted by Gasteiger charge is -2.42. The average Bonchev–Trinajstić information content (AvgIpc) is 2.98. The third-order valence-electron chi connectivity index (χ3n) is 5.26. The van der Waals surface area contributed by atoms with Gasteiger partial charge in [-0.2, -0.15) is 0 Å². The zero-order chi connectivity index (χ0) is 12.4. The van der Waals surface area contributed by atoms with Gasteiger partial charge in [0, 0.05) is 37.8 Å². The quantitative estimate of drug-likeness (QED) is 0.820. The van der Waals surface area contributed by atoms with Crippen molar-refractivity contribution in [3.8, 4) is 0 Å². The molecule has 3 rings (SSSR count). The summed E-state index contributed by atoms with van der Waals surface area (Å²) in [6, 6.07) is 0.874. The summed E-state index contributed by atoms with van der Waals surface area (Å²) in [5.74, 6) is 0. The van der Waals surface area contributed by atoms with Gasteiger partial charge in [-0.25, -0.2) is 0 Å². The highest BCUT2D eigenvalue weighted by Crippen LogP contribution is 2.28. The van der Waals surface area contributed by atoms with Crippen LogP contribution >= 0.6 is 0 Å². The van der Waals surface area contributed by atoms with Crippen LogP contribution in [0.25, 0.3) is 0 Å². The predicted octanol–water partition coefficient (Wildman–Crippen LogP) is 1.69. The second-order valence-electron chi connectivity index (χ2n) is 6.63. The highest BCUT2D eigenvalue weighted by atomic mass is 15.3. The van der Waals surface area contributed by atoms with Crippen molar-refractivity contribution in [3.05, 3.63) is 0 Å². The molecule has 3 fully saturated rings. The van der Waals surface area contributed by atoms with Crippen LogP contribution in [0.4, 0.5) is 0 Å². The molecule has 3 saturated heterocycles. The first-order valence-electron chi connectivity index (χ1n) is 8.03. The molecule has 0 bridgehead atoms. The summed E-state index contributed by atoms with van der Waals surface area (Å²) in [4.78, 5) is 5.46. The minimum absolute atomic E-state index is 0.454. The van der Waals surface area contributed by atoms with E-state index in [0.717, 1.165) is 6.04 Å². The van der Waals surface area contributed by atoms with Crippen LogP contribution in [-0.4, -0.2) is 60.6 Å². The Labute approximate surface area is 112 Å². The van der Waals surface area contributed by atoms with Gasteiger partial charge in [-0.3, -0.25) is 9.80 Å². The molecular weight excluding hydrogens is 222 g/mol. The van der Waals surface area contributed by atoms with Gasteiger partial charge in [-0.05, 0) is 45.2 Å². The van der Waals surface area contributed by atoms with Gasteiger partial charge in [0.05, 0.1) is 0 Å². The van der Waals surface area contributed by atoms with Gasteiger partial charge in [0.1, 0.15) is 0 Å². The molecule has 1 N–H and O–H groups in total. The van der Waals surface area contributed by atoms with Crippen LogP contribution in [0.1, 0.15) is 45.4 Å². The molecule has 3 aliphatic rings. The zero-order valence-corrected chi connectivity index (χ0v) is 12.0. The van der Waals surface area contributed by atoms with Crippen LogP contribution in [-0.2, 0) is 0 Å². The maximum Gasteiger partial charge on any atom is 0.0309 e. The lowest BCUT2D eigenvalue weighted by atomic mass is 9.90. The Bertz CT molecular complexity index is 273. The summed E-state index contributed by atoms with van der Waals surface area (Å²) in [6.07, 6.45) is 8.31. The van der Waals surface area contributed by atoms with E-state index in [1.54, 1.807) is 0 Å². The van der Waals surface area contributed by atoms with E-state index in [4.69, 9.17) is 0 Å².